The Kier molecular flexibility index (Phi) is 4.11. The van der Waals surface area contributed by atoms with Crippen molar-refractivity contribution in [2.24, 2.45) is 5.10 Å². The summed E-state index contributed by atoms with van der Waals surface area (Å²) >= 11 is 1.61. The van der Waals surface area contributed by atoms with Crippen molar-refractivity contribution in [1.82, 2.24) is 5.43 Å². The van der Waals surface area contributed by atoms with Crippen LogP contribution in [-0.2, 0) is 4.79 Å². The Labute approximate surface area is 148 Å². The number of hydrazone groups is 1. The van der Waals surface area contributed by atoms with Gasteiger partial charge in [0.15, 0.2) is 11.5 Å². The second kappa shape index (κ2) is 6.57. The van der Waals surface area contributed by atoms with Gasteiger partial charge < -0.3 is 9.47 Å². The number of ether oxygens (including phenoxy) is 2. The van der Waals surface area contributed by atoms with Crippen LogP contribution < -0.4 is 14.9 Å². The Morgan fingerprint density at radius 3 is 2.68 bits per heavy atom. The molecule has 2 heterocycles. The van der Waals surface area contributed by atoms with E-state index in [9.17, 15) is 4.79 Å². The monoisotopic (exact) mass is 352 g/mol. The van der Waals surface area contributed by atoms with Gasteiger partial charge in [0.1, 0.15) is 6.61 Å². The molecule has 1 aromatic heterocycles. The van der Waals surface area contributed by atoms with Gasteiger partial charge in [0.2, 0.25) is 6.10 Å². The van der Waals surface area contributed by atoms with E-state index in [1.165, 1.54) is 4.88 Å². The highest BCUT2D eigenvalue weighted by molar-refractivity contribution is 7.13. The summed E-state index contributed by atoms with van der Waals surface area (Å²) in [5, 5.41) is 6.10. The van der Waals surface area contributed by atoms with E-state index >= 15 is 0 Å². The number of nitrogens with one attached hydrogen (secondary N) is 1. The zero-order valence-electron chi connectivity index (χ0n) is 13.6. The second-order valence-corrected chi connectivity index (χ2v) is 7.07. The predicted molar refractivity (Wildman–Crippen MR) is 98.7 cm³/mol. The minimum atomic E-state index is -0.726. The summed E-state index contributed by atoms with van der Waals surface area (Å²) < 4.78 is 11.5. The van der Waals surface area contributed by atoms with Gasteiger partial charge in [-0.05, 0) is 42.0 Å². The van der Waals surface area contributed by atoms with Crippen molar-refractivity contribution in [3.8, 4) is 11.5 Å². The zero-order valence-corrected chi connectivity index (χ0v) is 14.4. The van der Waals surface area contributed by atoms with Gasteiger partial charge in [-0.15, -0.1) is 11.3 Å². The number of rotatable bonds is 3. The maximum atomic E-state index is 12.2. The molecule has 1 aliphatic rings. The number of aryl methyl sites for hydroxylation is 1. The maximum Gasteiger partial charge on any atom is 0.284 e. The number of hydrogen-bond donors (Lipinski definition) is 1. The number of amides is 1. The highest BCUT2D eigenvalue weighted by atomic mass is 32.1. The first-order chi connectivity index (χ1) is 12.2. The van der Waals surface area contributed by atoms with Gasteiger partial charge >= 0.3 is 0 Å². The molecule has 0 bridgehead atoms. The molecule has 1 N–H and O–H groups in total. The first-order valence-corrected chi connectivity index (χ1v) is 8.72. The van der Waals surface area contributed by atoms with E-state index in [2.05, 4.69) is 10.5 Å². The van der Waals surface area contributed by atoms with Crippen molar-refractivity contribution in [2.45, 2.75) is 13.0 Å². The van der Waals surface area contributed by atoms with Crippen molar-refractivity contribution >= 4 is 34.2 Å². The van der Waals surface area contributed by atoms with Gasteiger partial charge in [0.05, 0.1) is 6.21 Å². The summed E-state index contributed by atoms with van der Waals surface area (Å²) in [6, 6.07) is 15.7. The van der Waals surface area contributed by atoms with Crippen molar-refractivity contribution in [3.05, 3.63) is 58.3 Å². The molecule has 0 radical (unpaired) electrons. The average molecular weight is 352 g/mol. The van der Waals surface area contributed by atoms with Gasteiger partial charge in [-0.25, -0.2) is 5.43 Å². The molecule has 3 aromatic rings. The van der Waals surface area contributed by atoms with E-state index in [0.717, 1.165) is 15.6 Å². The first kappa shape index (κ1) is 15.7. The van der Waals surface area contributed by atoms with Crippen LogP contribution in [0.3, 0.4) is 0 Å². The zero-order chi connectivity index (χ0) is 17.2. The summed E-state index contributed by atoms with van der Waals surface area (Å²) in [5.74, 6) is 0.895. The van der Waals surface area contributed by atoms with Crippen LogP contribution in [0.1, 0.15) is 9.75 Å². The van der Waals surface area contributed by atoms with E-state index in [1.54, 1.807) is 17.6 Å². The smallest absolute Gasteiger partial charge is 0.284 e. The van der Waals surface area contributed by atoms with Gasteiger partial charge in [-0.2, -0.15) is 5.10 Å². The molecular formula is C19H16N2O3S. The van der Waals surface area contributed by atoms with Gasteiger partial charge in [0, 0.05) is 9.75 Å². The molecule has 0 aliphatic carbocycles. The molecule has 0 spiro atoms. The third kappa shape index (κ3) is 3.34. The van der Waals surface area contributed by atoms with Crippen LogP contribution in [0.15, 0.2) is 53.6 Å². The topological polar surface area (TPSA) is 59.9 Å². The molecule has 25 heavy (non-hydrogen) atoms. The van der Waals surface area contributed by atoms with Gasteiger partial charge in [0.25, 0.3) is 5.91 Å². The minimum absolute atomic E-state index is 0.158. The predicted octanol–water partition coefficient (Wildman–Crippen LogP) is 3.50. The van der Waals surface area contributed by atoms with Crippen molar-refractivity contribution < 1.29 is 14.3 Å². The Hall–Kier alpha value is -2.86. The summed E-state index contributed by atoms with van der Waals surface area (Å²) in [4.78, 5) is 14.4. The first-order valence-electron chi connectivity index (χ1n) is 7.91. The number of nitrogens with zero attached hydrogens (tertiary/aromatic N) is 1. The molecule has 0 saturated heterocycles. The van der Waals surface area contributed by atoms with Crippen molar-refractivity contribution in [2.75, 3.05) is 6.61 Å². The molecule has 126 valence electrons. The third-order valence-corrected chi connectivity index (χ3v) is 4.83. The lowest BCUT2D eigenvalue weighted by Gasteiger charge is -2.25. The summed E-state index contributed by atoms with van der Waals surface area (Å²) in [7, 11) is 0. The number of benzene rings is 2. The van der Waals surface area contributed by atoms with E-state index in [0.29, 0.717) is 11.5 Å². The van der Waals surface area contributed by atoms with E-state index in [4.69, 9.17) is 9.47 Å². The molecule has 1 unspecified atom stereocenters. The number of fused-ring (bicyclic) bond motifs is 2. The molecule has 0 fully saturated rings. The molecule has 1 atom stereocenters. The Bertz CT molecular complexity index is 964. The Morgan fingerprint density at radius 1 is 1.20 bits per heavy atom. The highest BCUT2D eigenvalue weighted by Gasteiger charge is 2.27. The van der Waals surface area contributed by atoms with Crippen molar-refractivity contribution in [3.63, 3.8) is 0 Å². The van der Waals surface area contributed by atoms with Crippen LogP contribution in [0.4, 0.5) is 0 Å². The van der Waals surface area contributed by atoms with Crippen LogP contribution >= 0.6 is 11.3 Å². The van der Waals surface area contributed by atoms with Crippen LogP contribution in [-0.4, -0.2) is 24.8 Å². The SMILES string of the molecule is Cc1ccc(C=NNC(=O)C2COc3cc4ccccc4cc3O2)s1. The van der Waals surface area contributed by atoms with Crippen LogP contribution in [0.2, 0.25) is 0 Å². The van der Waals surface area contributed by atoms with Crippen LogP contribution in [0.25, 0.3) is 10.8 Å². The molecule has 5 nitrogen and oxygen atoms in total. The van der Waals surface area contributed by atoms with E-state index in [-0.39, 0.29) is 12.5 Å². The lowest BCUT2D eigenvalue weighted by atomic mass is 10.1. The molecule has 6 heteroatoms. The lowest BCUT2D eigenvalue weighted by Crippen LogP contribution is -2.42. The summed E-state index contributed by atoms with van der Waals surface area (Å²) in [6.07, 6.45) is 0.900. The highest BCUT2D eigenvalue weighted by Crippen LogP contribution is 2.35. The summed E-state index contributed by atoms with van der Waals surface area (Å²) in [6.45, 7) is 2.18. The van der Waals surface area contributed by atoms with Crippen LogP contribution in [0.5, 0.6) is 11.5 Å². The quantitative estimate of drug-likeness (QED) is 0.580. The number of carbonyl (C=O) groups excluding carboxylic acids is 1. The number of carbonyl (C=O) groups is 1. The average Bonchev–Trinajstić information content (AvgIpc) is 3.04. The lowest BCUT2D eigenvalue weighted by molar-refractivity contribution is -0.130. The number of hydrogen-bond acceptors (Lipinski definition) is 5. The van der Waals surface area contributed by atoms with E-state index in [1.807, 2.05) is 55.5 Å². The Balaban J connectivity index is 1.45. The standard InChI is InChI=1S/C19H16N2O3S/c1-12-6-7-15(25-12)10-20-21-19(22)18-11-23-16-8-13-4-2-3-5-14(13)9-17(16)24-18/h2-10,18H,11H2,1H3,(H,21,22). The van der Waals surface area contributed by atoms with Gasteiger partial charge in [-0.1, -0.05) is 24.3 Å². The third-order valence-electron chi connectivity index (χ3n) is 3.89. The number of thiophene rings is 1. The molecular weight excluding hydrogens is 336 g/mol. The normalized spacial score (nSPS) is 16.3. The minimum Gasteiger partial charge on any atom is -0.485 e. The maximum absolute atomic E-state index is 12.2. The summed E-state index contributed by atoms with van der Waals surface area (Å²) in [5.41, 5.74) is 2.51. The molecule has 1 aliphatic heterocycles. The van der Waals surface area contributed by atoms with Crippen molar-refractivity contribution in [1.29, 1.82) is 0 Å². The van der Waals surface area contributed by atoms with Gasteiger partial charge in [-0.3, -0.25) is 4.79 Å². The Morgan fingerprint density at radius 2 is 1.96 bits per heavy atom. The molecule has 1 amide bonds. The molecule has 2 aromatic carbocycles. The fourth-order valence-electron chi connectivity index (χ4n) is 2.64. The molecule has 0 saturated carbocycles. The molecule has 4 rings (SSSR count). The van der Waals surface area contributed by atoms with E-state index < -0.39 is 6.10 Å². The fraction of sp³-hybridized carbons (Fsp3) is 0.158. The largest absolute Gasteiger partial charge is 0.485 e. The van der Waals surface area contributed by atoms with Crippen LogP contribution in [0, 0.1) is 6.92 Å². The second-order valence-electron chi connectivity index (χ2n) is 5.75. The fourth-order valence-corrected chi connectivity index (χ4v) is 3.39.